The summed E-state index contributed by atoms with van der Waals surface area (Å²) in [5.41, 5.74) is 5.30. The summed E-state index contributed by atoms with van der Waals surface area (Å²) in [5.74, 6) is -0.480. The molecule has 0 aromatic rings. The van der Waals surface area contributed by atoms with Crippen LogP contribution in [0.1, 0.15) is 117 Å². The van der Waals surface area contributed by atoms with Crippen LogP contribution >= 0.6 is 7.82 Å². The zero-order valence-corrected chi connectivity index (χ0v) is 26.5. The highest BCUT2D eigenvalue weighted by Gasteiger charge is 2.27. The number of hydrogen-bond acceptors (Lipinski definition) is 7. The van der Waals surface area contributed by atoms with E-state index >= 15 is 0 Å². The van der Waals surface area contributed by atoms with Crippen molar-refractivity contribution in [1.29, 1.82) is 0 Å². The number of amides is 1. The molecule has 0 aliphatic heterocycles. The van der Waals surface area contributed by atoms with E-state index in [0.717, 1.165) is 44.9 Å². The molecule has 4 atom stereocenters. The lowest BCUT2D eigenvalue weighted by Gasteiger charge is -2.24. The lowest BCUT2D eigenvalue weighted by molar-refractivity contribution is -0.124. The van der Waals surface area contributed by atoms with Gasteiger partial charge in [0, 0.05) is 6.54 Å². The molecule has 0 spiro atoms. The van der Waals surface area contributed by atoms with E-state index in [4.69, 9.17) is 14.8 Å². The van der Waals surface area contributed by atoms with E-state index in [1.54, 1.807) is 6.08 Å². The van der Waals surface area contributed by atoms with Gasteiger partial charge in [0.25, 0.3) is 0 Å². The molecule has 0 fully saturated rings. The number of allylic oxidation sites excluding steroid dienone is 5. The fourth-order valence-electron chi connectivity index (χ4n) is 4.06. The van der Waals surface area contributed by atoms with E-state index in [1.165, 1.54) is 44.6 Å². The zero-order chi connectivity index (χ0) is 30.6. The molecular weight excluding hydrogens is 543 g/mol. The Morgan fingerprint density at radius 1 is 0.829 bits per heavy atom. The van der Waals surface area contributed by atoms with Gasteiger partial charge in [0.2, 0.25) is 5.91 Å². The van der Waals surface area contributed by atoms with Crippen molar-refractivity contribution in [3.05, 3.63) is 36.5 Å². The molecule has 0 aliphatic carbocycles. The number of nitrogens with one attached hydrogen (secondary N) is 1. The number of phosphoric acid groups is 1. The Labute approximate surface area is 249 Å². The minimum absolute atomic E-state index is 0.0408. The Kier molecular flexibility index (Phi) is 26.6. The van der Waals surface area contributed by atoms with Crippen molar-refractivity contribution in [3.63, 3.8) is 0 Å². The first-order chi connectivity index (χ1) is 19.8. The normalized spacial score (nSPS) is 16.0. The van der Waals surface area contributed by atoms with Crippen molar-refractivity contribution in [3.8, 4) is 0 Å². The summed E-state index contributed by atoms with van der Waals surface area (Å²) in [5, 5.41) is 23.6. The van der Waals surface area contributed by atoms with Crippen molar-refractivity contribution < 1.29 is 33.5 Å². The average Bonchev–Trinajstić information content (AvgIpc) is 2.94. The monoisotopic (exact) mass is 602 g/mol. The maximum Gasteiger partial charge on any atom is 0.472 e. The van der Waals surface area contributed by atoms with Crippen LogP contribution in [0, 0.1) is 0 Å². The van der Waals surface area contributed by atoms with Gasteiger partial charge >= 0.3 is 7.82 Å². The van der Waals surface area contributed by atoms with Crippen molar-refractivity contribution in [2.75, 3.05) is 19.8 Å². The second-order valence-corrected chi connectivity index (χ2v) is 11.9. The number of aliphatic hydroxyl groups excluding tert-OH is 2. The number of carbonyl (C=O) groups excluding carboxylic acids is 1. The van der Waals surface area contributed by atoms with Crippen molar-refractivity contribution >= 4 is 13.7 Å². The third kappa shape index (κ3) is 26.1. The van der Waals surface area contributed by atoms with Gasteiger partial charge in [0.05, 0.1) is 37.9 Å². The van der Waals surface area contributed by atoms with Gasteiger partial charge in [0.15, 0.2) is 0 Å². The molecule has 0 rings (SSSR count). The maximum atomic E-state index is 12.6. The molecule has 4 unspecified atom stereocenters. The fourth-order valence-corrected chi connectivity index (χ4v) is 4.82. The summed E-state index contributed by atoms with van der Waals surface area (Å²) in [4.78, 5) is 22.4. The van der Waals surface area contributed by atoms with Crippen LogP contribution in [0.3, 0.4) is 0 Å². The van der Waals surface area contributed by atoms with Crippen LogP contribution in [0.5, 0.6) is 0 Å². The molecule has 0 heterocycles. The Bertz CT molecular complexity index is 761. The molecule has 0 saturated carbocycles. The molecule has 1 amide bonds. The molecule has 0 radical (unpaired) electrons. The van der Waals surface area contributed by atoms with Crippen molar-refractivity contribution in [2.24, 2.45) is 5.73 Å². The Hall–Kier alpha value is -1.32. The molecule has 0 aromatic carbocycles. The molecule has 0 saturated heterocycles. The van der Waals surface area contributed by atoms with Crippen LogP contribution in [0.15, 0.2) is 36.5 Å². The first kappa shape index (κ1) is 39.7. The first-order valence-corrected chi connectivity index (χ1v) is 17.2. The summed E-state index contributed by atoms with van der Waals surface area (Å²) < 4.78 is 21.8. The standard InChI is InChI=1S/C31H59N2O7P/c1-3-5-7-9-11-13-14-15-16-18-20-22-28(34)26-31(36)33-29(27-40-41(37,38)39-25-24-32)30(35)23-21-19-17-12-10-8-6-4-2/h10,12,15-16,21,23,28-30,34-35H,3-9,11,13-14,17-20,22,24-27,32H2,1-2H3,(H,33,36)(H,37,38)/b12-10+,16-15-,23-21+. The molecule has 9 nitrogen and oxygen atoms in total. The molecule has 10 heteroatoms. The summed E-state index contributed by atoms with van der Waals surface area (Å²) in [6, 6.07) is -1.00. The quantitative estimate of drug-likeness (QED) is 0.0401. The SMILES string of the molecule is CCCC/C=C/CC/C=C/C(O)C(COP(=O)(O)OCCN)NC(=O)CC(O)CCC/C=C\CCCCCCCC. The van der Waals surface area contributed by atoms with Gasteiger partial charge in [0.1, 0.15) is 0 Å². The second-order valence-electron chi connectivity index (χ2n) is 10.5. The highest BCUT2D eigenvalue weighted by atomic mass is 31.2. The number of aliphatic hydroxyl groups is 2. The molecule has 0 bridgehead atoms. The molecule has 240 valence electrons. The van der Waals surface area contributed by atoms with Gasteiger partial charge in [-0.2, -0.15) is 0 Å². The van der Waals surface area contributed by atoms with Crippen molar-refractivity contribution in [2.45, 2.75) is 135 Å². The van der Waals surface area contributed by atoms with Gasteiger partial charge in [-0.1, -0.05) is 95.2 Å². The Morgan fingerprint density at radius 2 is 1.41 bits per heavy atom. The summed E-state index contributed by atoms with van der Waals surface area (Å²) in [6.07, 6.45) is 25.5. The van der Waals surface area contributed by atoms with Crippen LogP contribution in [0.25, 0.3) is 0 Å². The van der Waals surface area contributed by atoms with Crippen LogP contribution in [0.2, 0.25) is 0 Å². The van der Waals surface area contributed by atoms with Crippen LogP contribution < -0.4 is 11.1 Å². The van der Waals surface area contributed by atoms with E-state index in [2.05, 4.69) is 43.5 Å². The topological polar surface area (TPSA) is 151 Å². The molecule has 41 heavy (non-hydrogen) atoms. The van der Waals surface area contributed by atoms with E-state index in [0.29, 0.717) is 12.8 Å². The Morgan fingerprint density at radius 3 is 2.10 bits per heavy atom. The zero-order valence-electron chi connectivity index (χ0n) is 25.6. The van der Waals surface area contributed by atoms with Gasteiger partial charge in [-0.3, -0.25) is 13.8 Å². The van der Waals surface area contributed by atoms with E-state index in [-0.39, 0.29) is 19.6 Å². The predicted molar refractivity (Wildman–Crippen MR) is 167 cm³/mol. The number of phosphoric ester groups is 1. The highest BCUT2D eigenvalue weighted by molar-refractivity contribution is 7.47. The Balaban J connectivity index is 4.63. The lowest BCUT2D eigenvalue weighted by atomic mass is 10.1. The smallest absolute Gasteiger partial charge is 0.393 e. The number of unbranched alkanes of at least 4 members (excludes halogenated alkanes) is 10. The lowest BCUT2D eigenvalue weighted by Crippen LogP contribution is -2.46. The average molecular weight is 603 g/mol. The third-order valence-corrected chi connectivity index (χ3v) is 7.48. The van der Waals surface area contributed by atoms with E-state index < -0.39 is 38.6 Å². The predicted octanol–water partition coefficient (Wildman–Crippen LogP) is 6.24. The molecule has 0 aromatic heterocycles. The number of nitrogens with two attached hydrogens (primary N) is 1. The molecule has 0 aliphatic rings. The number of carbonyl (C=O) groups is 1. The van der Waals surface area contributed by atoms with Crippen molar-refractivity contribution in [1.82, 2.24) is 5.32 Å². The highest BCUT2D eigenvalue weighted by Crippen LogP contribution is 2.43. The minimum atomic E-state index is -4.39. The number of rotatable bonds is 28. The molecule has 6 N–H and O–H groups in total. The molecular formula is C31H59N2O7P. The number of hydrogen-bond donors (Lipinski definition) is 5. The minimum Gasteiger partial charge on any atom is -0.393 e. The summed E-state index contributed by atoms with van der Waals surface area (Å²) in [7, 11) is -4.39. The fraction of sp³-hybridized carbons (Fsp3) is 0.774. The van der Waals surface area contributed by atoms with Gasteiger partial charge in [-0.25, -0.2) is 4.57 Å². The van der Waals surface area contributed by atoms with Gasteiger partial charge in [-0.05, 0) is 51.4 Å². The second kappa shape index (κ2) is 27.5. The van der Waals surface area contributed by atoms with Crippen LogP contribution in [-0.2, 0) is 18.4 Å². The van der Waals surface area contributed by atoms with Crippen LogP contribution in [-0.4, -0.2) is 59.0 Å². The first-order valence-electron chi connectivity index (χ1n) is 15.7. The maximum absolute atomic E-state index is 12.6. The summed E-state index contributed by atoms with van der Waals surface area (Å²) >= 11 is 0. The van der Waals surface area contributed by atoms with E-state index in [1.807, 2.05) is 0 Å². The van der Waals surface area contributed by atoms with Gasteiger partial charge < -0.3 is 26.2 Å². The van der Waals surface area contributed by atoms with Gasteiger partial charge in [-0.15, -0.1) is 0 Å². The van der Waals surface area contributed by atoms with E-state index in [9.17, 15) is 24.5 Å². The third-order valence-electron chi connectivity index (χ3n) is 6.49. The summed E-state index contributed by atoms with van der Waals surface area (Å²) in [6.45, 7) is 3.79. The van der Waals surface area contributed by atoms with Crippen LogP contribution in [0.4, 0.5) is 0 Å². The largest absolute Gasteiger partial charge is 0.472 e.